The molecule has 3 rings (SSSR count). The smallest absolute Gasteiger partial charge is 0.134 e. The Balaban J connectivity index is 1.90. The Morgan fingerprint density at radius 2 is 1.44 bits per heavy atom. The summed E-state index contributed by atoms with van der Waals surface area (Å²) >= 11 is 0. The Morgan fingerprint density at radius 1 is 0.760 bits per heavy atom. The highest BCUT2D eigenvalue weighted by Crippen LogP contribution is 2.32. The first kappa shape index (κ1) is 16.7. The Morgan fingerprint density at radius 3 is 2.16 bits per heavy atom. The molecule has 3 aromatic rings. The quantitative estimate of drug-likeness (QED) is 0.703. The molecule has 3 aromatic carbocycles. The second kappa shape index (κ2) is 7.62. The van der Waals surface area contributed by atoms with Gasteiger partial charge in [-0.2, -0.15) is 0 Å². The van der Waals surface area contributed by atoms with Crippen LogP contribution in [0, 0.1) is 0 Å². The minimum absolute atomic E-state index is 0.203. The highest BCUT2D eigenvalue weighted by molar-refractivity contribution is 5.46. The average Bonchev–Trinajstić information content (AvgIpc) is 2.65. The fourth-order valence-corrected chi connectivity index (χ4v) is 2.55. The van der Waals surface area contributed by atoms with Gasteiger partial charge in [0.05, 0.1) is 14.2 Å². The summed E-state index contributed by atoms with van der Waals surface area (Å²) in [6, 6.07) is 20.4. The fourth-order valence-electron chi connectivity index (χ4n) is 2.55. The maximum Gasteiger partial charge on any atom is 0.134 e. The first-order valence-corrected chi connectivity index (χ1v) is 7.94. The minimum atomic E-state index is 0.203. The van der Waals surface area contributed by atoms with Crippen molar-refractivity contribution in [1.29, 1.82) is 0 Å². The lowest BCUT2D eigenvalue weighted by Crippen LogP contribution is -1.96. The molecule has 0 aliphatic rings. The van der Waals surface area contributed by atoms with E-state index in [1.54, 1.807) is 38.5 Å². The molecular weight excluding hydrogens is 316 g/mol. The van der Waals surface area contributed by atoms with Gasteiger partial charge in [-0.15, -0.1) is 0 Å². The number of benzene rings is 3. The van der Waals surface area contributed by atoms with Crippen LogP contribution in [0.5, 0.6) is 28.7 Å². The van der Waals surface area contributed by atoms with Crippen molar-refractivity contribution in [1.82, 2.24) is 0 Å². The molecule has 0 unspecified atom stereocenters. The molecule has 0 atom stereocenters. The standard InChI is InChI=1S/C21H20O4/c1-23-19-5-3-4-15(13-19)12-16-6-9-20(24-2)14-21(16)25-18-10-7-17(22)8-11-18/h3-11,13-14,22H,12H2,1-2H3. The molecule has 4 nitrogen and oxygen atoms in total. The van der Waals surface area contributed by atoms with Crippen LogP contribution >= 0.6 is 0 Å². The van der Waals surface area contributed by atoms with E-state index in [-0.39, 0.29) is 5.75 Å². The normalized spacial score (nSPS) is 10.3. The Bertz CT molecular complexity index is 841. The number of ether oxygens (including phenoxy) is 3. The van der Waals surface area contributed by atoms with Crippen molar-refractivity contribution in [3.63, 3.8) is 0 Å². The molecule has 0 aromatic heterocycles. The molecule has 0 aliphatic heterocycles. The van der Waals surface area contributed by atoms with Crippen LogP contribution in [-0.2, 0) is 6.42 Å². The van der Waals surface area contributed by atoms with E-state index in [0.29, 0.717) is 17.9 Å². The predicted octanol–water partition coefficient (Wildman–Crippen LogP) is 4.79. The molecule has 0 spiro atoms. The van der Waals surface area contributed by atoms with Gasteiger partial charge in [0.1, 0.15) is 28.7 Å². The minimum Gasteiger partial charge on any atom is -0.508 e. The number of hydrogen-bond acceptors (Lipinski definition) is 4. The summed E-state index contributed by atoms with van der Waals surface area (Å²) in [4.78, 5) is 0. The summed E-state index contributed by atoms with van der Waals surface area (Å²) in [6.07, 6.45) is 0.703. The summed E-state index contributed by atoms with van der Waals surface area (Å²) in [5.41, 5.74) is 2.15. The van der Waals surface area contributed by atoms with E-state index >= 15 is 0 Å². The third-order valence-corrected chi connectivity index (χ3v) is 3.87. The predicted molar refractivity (Wildman–Crippen MR) is 97.0 cm³/mol. The Kier molecular flexibility index (Phi) is 5.09. The number of aromatic hydroxyl groups is 1. The first-order chi connectivity index (χ1) is 12.2. The van der Waals surface area contributed by atoms with Crippen LogP contribution in [0.4, 0.5) is 0 Å². The van der Waals surface area contributed by atoms with E-state index < -0.39 is 0 Å². The highest BCUT2D eigenvalue weighted by atomic mass is 16.5. The van der Waals surface area contributed by atoms with Gasteiger partial charge in [0.2, 0.25) is 0 Å². The van der Waals surface area contributed by atoms with Crippen LogP contribution in [0.2, 0.25) is 0 Å². The zero-order chi connectivity index (χ0) is 17.6. The SMILES string of the molecule is COc1cccc(Cc2ccc(OC)cc2Oc2ccc(O)cc2)c1. The number of rotatable bonds is 6. The van der Waals surface area contributed by atoms with Crippen LogP contribution in [0.3, 0.4) is 0 Å². The van der Waals surface area contributed by atoms with Crippen LogP contribution in [0.1, 0.15) is 11.1 Å². The van der Waals surface area contributed by atoms with E-state index in [9.17, 15) is 5.11 Å². The van der Waals surface area contributed by atoms with Gasteiger partial charge in [-0.3, -0.25) is 0 Å². The van der Waals surface area contributed by atoms with Crippen LogP contribution in [0.15, 0.2) is 66.7 Å². The summed E-state index contributed by atoms with van der Waals surface area (Å²) in [5, 5.41) is 9.42. The number of hydrogen-bond donors (Lipinski definition) is 1. The van der Waals surface area contributed by atoms with Crippen LogP contribution in [0.25, 0.3) is 0 Å². The molecular formula is C21H20O4. The molecule has 1 N–H and O–H groups in total. The molecule has 25 heavy (non-hydrogen) atoms. The molecule has 128 valence electrons. The van der Waals surface area contributed by atoms with Gasteiger partial charge < -0.3 is 19.3 Å². The Labute approximate surface area is 147 Å². The summed E-state index contributed by atoms with van der Waals surface area (Å²) in [7, 11) is 3.28. The molecule has 0 bridgehead atoms. The van der Waals surface area contributed by atoms with Gasteiger partial charge in [-0.1, -0.05) is 18.2 Å². The molecule has 0 saturated heterocycles. The number of phenolic OH excluding ortho intramolecular Hbond substituents is 1. The molecule has 0 heterocycles. The lowest BCUT2D eigenvalue weighted by molar-refractivity contribution is 0.408. The zero-order valence-electron chi connectivity index (χ0n) is 14.2. The molecule has 4 heteroatoms. The van der Waals surface area contributed by atoms with Crippen molar-refractivity contribution in [2.45, 2.75) is 6.42 Å². The van der Waals surface area contributed by atoms with E-state index in [1.807, 2.05) is 36.4 Å². The molecule has 0 radical (unpaired) electrons. The number of methoxy groups -OCH3 is 2. The van der Waals surface area contributed by atoms with Crippen molar-refractivity contribution in [3.05, 3.63) is 77.9 Å². The second-order valence-electron chi connectivity index (χ2n) is 5.60. The average molecular weight is 336 g/mol. The summed E-state index contributed by atoms with van der Waals surface area (Å²) in [5.74, 6) is 3.12. The van der Waals surface area contributed by atoms with Gasteiger partial charge in [-0.25, -0.2) is 0 Å². The maximum atomic E-state index is 9.42. The van der Waals surface area contributed by atoms with Gasteiger partial charge in [0.25, 0.3) is 0 Å². The van der Waals surface area contributed by atoms with E-state index in [1.165, 1.54) is 0 Å². The van der Waals surface area contributed by atoms with E-state index in [0.717, 1.165) is 22.6 Å². The highest BCUT2D eigenvalue weighted by Gasteiger charge is 2.09. The van der Waals surface area contributed by atoms with Crippen molar-refractivity contribution < 1.29 is 19.3 Å². The molecule has 0 saturated carbocycles. The van der Waals surface area contributed by atoms with Gasteiger partial charge in [0, 0.05) is 12.5 Å². The fraction of sp³-hybridized carbons (Fsp3) is 0.143. The van der Waals surface area contributed by atoms with Crippen molar-refractivity contribution in [3.8, 4) is 28.7 Å². The first-order valence-electron chi connectivity index (χ1n) is 7.94. The van der Waals surface area contributed by atoms with E-state index in [2.05, 4.69) is 6.07 Å². The van der Waals surface area contributed by atoms with Crippen molar-refractivity contribution >= 4 is 0 Å². The third-order valence-electron chi connectivity index (χ3n) is 3.87. The second-order valence-corrected chi connectivity index (χ2v) is 5.60. The lowest BCUT2D eigenvalue weighted by atomic mass is 10.0. The van der Waals surface area contributed by atoms with E-state index in [4.69, 9.17) is 14.2 Å². The van der Waals surface area contributed by atoms with Crippen molar-refractivity contribution in [2.75, 3.05) is 14.2 Å². The summed E-state index contributed by atoms with van der Waals surface area (Å²) in [6.45, 7) is 0. The Hall–Kier alpha value is -3.14. The number of phenols is 1. The third kappa shape index (κ3) is 4.23. The molecule has 0 aliphatic carbocycles. The van der Waals surface area contributed by atoms with Crippen molar-refractivity contribution in [2.24, 2.45) is 0 Å². The van der Waals surface area contributed by atoms with Crippen LogP contribution < -0.4 is 14.2 Å². The molecule has 0 fully saturated rings. The van der Waals surface area contributed by atoms with Gasteiger partial charge >= 0.3 is 0 Å². The van der Waals surface area contributed by atoms with Gasteiger partial charge in [-0.05, 0) is 53.6 Å². The maximum absolute atomic E-state index is 9.42. The topological polar surface area (TPSA) is 47.9 Å². The monoisotopic (exact) mass is 336 g/mol. The largest absolute Gasteiger partial charge is 0.508 e. The lowest BCUT2D eigenvalue weighted by Gasteiger charge is -2.13. The van der Waals surface area contributed by atoms with Crippen LogP contribution in [-0.4, -0.2) is 19.3 Å². The molecule has 0 amide bonds. The van der Waals surface area contributed by atoms with Gasteiger partial charge in [0.15, 0.2) is 0 Å². The summed E-state index contributed by atoms with van der Waals surface area (Å²) < 4.78 is 16.6. The zero-order valence-corrected chi connectivity index (χ0v) is 14.2.